The monoisotopic (exact) mass is 271 g/mol. The van der Waals surface area contributed by atoms with E-state index in [0.29, 0.717) is 0 Å². The molecule has 0 spiro atoms. The summed E-state index contributed by atoms with van der Waals surface area (Å²) < 4.78 is 1.05. The summed E-state index contributed by atoms with van der Waals surface area (Å²) in [6.45, 7) is 3.98. The van der Waals surface area contributed by atoms with Gasteiger partial charge in [-0.1, -0.05) is 17.4 Å². The van der Waals surface area contributed by atoms with E-state index in [1.54, 1.807) is 17.4 Å². The molecule has 0 unspecified atom stereocenters. The molecule has 0 amide bonds. The number of para-hydroxylation sites is 1. The van der Waals surface area contributed by atoms with Gasteiger partial charge in [-0.3, -0.25) is 0 Å². The fraction of sp³-hybridized carbons (Fsp3) is 0.364. The predicted molar refractivity (Wildman–Crippen MR) is 73.6 cm³/mol. The van der Waals surface area contributed by atoms with Gasteiger partial charge < -0.3 is 15.3 Å². The van der Waals surface area contributed by atoms with E-state index in [-0.39, 0.29) is 18.2 Å². The average molecular weight is 272 g/mol. The minimum Gasteiger partial charge on any atom is -0.506 e. The maximum Gasteiger partial charge on any atom is 0.186 e. The number of benzene rings is 1. The van der Waals surface area contributed by atoms with Crippen LogP contribution in [0.15, 0.2) is 18.2 Å². The second-order valence-corrected chi connectivity index (χ2v) is 4.87. The van der Waals surface area contributed by atoms with E-state index < -0.39 is 0 Å². The highest BCUT2D eigenvalue weighted by atomic mass is 35.5. The first-order chi connectivity index (χ1) is 7.84. The van der Waals surface area contributed by atoms with Crippen LogP contribution in [0.5, 0.6) is 5.75 Å². The normalized spacial score (nSPS) is 15.9. The summed E-state index contributed by atoms with van der Waals surface area (Å²) >= 11 is 1.64. The summed E-state index contributed by atoms with van der Waals surface area (Å²) in [5.74, 6) is 0.273. The number of phenols is 1. The van der Waals surface area contributed by atoms with Gasteiger partial charge in [0, 0.05) is 26.2 Å². The fourth-order valence-corrected chi connectivity index (χ4v) is 2.95. The molecule has 0 saturated carbocycles. The number of aromatic nitrogens is 1. The third-order valence-electron chi connectivity index (χ3n) is 2.77. The lowest BCUT2D eigenvalue weighted by Gasteiger charge is -2.26. The fourth-order valence-electron chi connectivity index (χ4n) is 1.91. The maximum absolute atomic E-state index is 9.70. The number of nitrogens with one attached hydrogen (secondary N) is 1. The number of nitrogens with zero attached hydrogens (tertiary/aromatic N) is 2. The molecule has 4 nitrogen and oxygen atoms in total. The Morgan fingerprint density at radius 3 is 2.76 bits per heavy atom. The van der Waals surface area contributed by atoms with E-state index in [0.717, 1.165) is 41.5 Å². The molecule has 1 aromatic carbocycles. The van der Waals surface area contributed by atoms with Crippen LogP contribution in [0, 0.1) is 0 Å². The Morgan fingerprint density at radius 1 is 1.29 bits per heavy atom. The molecule has 92 valence electrons. The van der Waals surface area contributed by atoms with E-state index in [1.165, 1.54) is 0 Å². The van der Waals surface area contributed by atoms with Crippen LogP contribution < -0.4 is 10.2 Å². The Bertz CT molecular complexity index is 510. The standard InChI is InChI=1S/C11H13N3OS.ClH/c15-8-2-1-3-9-10(8)13-11(16-9)14-6-4-12-5-7-14;/h1-3,12,15H,4-7H2;1H. The van der Waals surface area contributed by atoms with Gasteiger partial charge in [0.1, 0.15) is 11.3 Å². The number of piperazine rings is 1. The molecule has 2 N–H and O–H groups in total. The summed E-state index contributed by atoms with van der Waals surface area (Å²) in [6.07, 6.45) is 0. The second kappa shape index (κ2) is 5.08. The molecule has 3 rings (SSSR count). The van der Waals surface area contributed by atoms with Gasteiger partial charge in [0.2, 0.25) is 0 Å². The number of hydrogen-bond acceptors (Lipinski definition) is 5. The summed E-state index contributed by atoms with van der Waals surface area (Å²) in [5, 5.41) is 14.0. The minimum atomic E-state index is 0. The number of rotatable bonds is 1. The first kappa shape index (κ1) is 12.4. The zero-order valence-corrected chi connectivity index (χ0v) is 10.9. The van der Waals surface area contributed by atoms with Gasteiger partial charge in [0.15, 0.2) is 5.13 Å². The molecule has 6 heteroatoms. The van der Waals surface area contributed by atoms with Crippen molar-refractivity contribution in [1.82, 2.24) is 10.3 Å². The lowest BCUT2D eigenvalue weighted by Crippen LogP contribution is -2.43. The van der Waals surface area contributed by atoms with Crippen LogP contribution in [0.3, 0.4) is 0 Å². The SMILES string of the molecule is Cl.Oc1cccc2sc(N3CCNCC3)nc12. The Kier molecular flexibility index (Phi) is 3.71. The molecule has 1 fully saturated rings. The quantitative estimate of drug-likeness (QED) is 0.831. The predicted octanol–water partition coefficient (Wildman–Crippen LogP) is 1.83. The second-order valence-electron chi connectivity index (χ2n) is 3.86. The first-order valence-electron chi connectivity index (χ1n) is 5.39. The number of thiazole rings is 1. The highest BCUT2D eigenvalue weighted by molar-refractivity contribution is 7.22. The molecule has 17 heavy (non-hydrogen) atoms. The molecule has 2 heterocycles. The molecule has 0 atom stereocenters. The molecule has 0 radical (unpaired) electrons. The molecule has 1 saturated heterocycles. The van der Waals surface area contributed by atoms with Gasteiger partial charge in [-0.15, -0.1) is 12.4 Å². The van der Waals surface area contributed by atoms with Crippen molar-refractivity contribution in [1.29, 1.82) is 0 Å². The van der Waals surface area contributed by atoms with Crippen LogP contribution in [-0.2, 0) is 0 Å². The molecule has 0 aliphatic carbocycles. The van der Waals surface area contributed by atoms with E-state index in [4.69, 9.17) is 0 Å². The van der Waals surface area contributed by atoms with Crippen LogP contribution in [-0.4, -0.2) is 36.3 Å². The highest BCUT2D eigenvalue weighted by Crippen LogP contribution is 2.33. The summed E-state index contributed by atoms with van der Waals surface area (Å²) in [7, 11) is 0. The molecule has 1 aliphatic heterocycles. The molecule has 0 bridgehead atoms. The lowest BCUT2D eigenvalue weighted by molar-refractivity contribution is 0.480. The van der Waals surface area contributed by atoms with Crippen molar-refractivity contribution in [2.24, 2.45) is 0 Å². The minimum absolute atomic E-state index is 0. The molecule has 2 aromatic rings. The Labute approximate surface area is 110 Å². The number of halogens is 1. The van der Waals surface area contributed by atoms with Gasteiger partial charge in [0.05, 0.1) is 4.70 Å². The van der Waals surface area contributed by atoms with Crippen molar-refractivity contribution >= 4 is 39.1 Å². The van der Waals surface area contributed by atoms with E-state index in [1.807, 2.05) is 12.1 Å². The van der Waals surface area contributed by atoms with Crippen molar-refractivity contribution in [3.63, 3.8) is 0 Å². The average Bonchev–Trinajstić information content (AvgIpc) is 2.76. The van der Waals surface area contributed by atoms with Crippen LogP contribution in [0.2, 0.25) is 0 Å². The molecule has 1 aliphatic rings. The Morgan fingerprint density at radius 2 is 2.06 bits per heavy atom. The maximum atomic E-state index is 9.70. The van der Waals surface area contributed by atoms with Gasteiger partial charge in [-0.2, -0.15) is 0 Å². The number of anilines is 1. The van der Waals surface area contributed by atoms with E-state index >= 15 is 0 Å². The number of aromatic hydroxyl groups is 1. The van der Waals surface area contributed by atoms with Crippen LogP contribution in [0.4, 0.5) is 5.13 Å². The van der Waals surface area contributed by atoms with Crippen molar-refractivity contribution < 1.29 is 5.11 Å². The van der Waals surface area contributed by atoms with Crippen LogP contribution in [0.1, 0.15) is 0 Å². The van der Waals surface area contributed by atoms with Gasteiger partial charge in [-0.05, 0) is 12.1 Å². The van der Waals surface area contributed by atoms with Gasteiger partial charge in [0.25, 0.3) is 0 Å². The Hall–Kier alpha value is -1.04. The first-order valence-corrected chi connectivity index (χ1v) is 6.20. The molecular weight excluding hydrogens is 258 g/mol. The largest absolute Gasteiger partial charge is 0.506 e. The highest BCUT2D eigenvalue weighted by Gasteiger charge is 2.15. The van der Waals surface area contributed by atoms with Crippen molar-refractivity contribution in [2.75, 3.05) is 31.1 Å². The third kappa shape index (κ3) is 2.31. The summed E-state index contributed by atoms with van der Waals surface area (Å²) in [6, 6.07) is 5.54. The van der Waals surface area contributed by atoms with E-state index in [9.17, 15) is 5.11 Å². The zero-order chi connectivity index (χ0) is 11.0. The van der Waals surface area contributed by atoms with Crippen molar-refractivity contribution in [3.8, 4) is 5.75 Å². The van der Waals surface area contributed by atoms with Crippen molar-refractivity contribution in [3.05, 3.63) is 18.2 Å². The number of phenolic OH excluding ortho intramolecular Hbond substituents is 1. The van der Waals surface area contributed by atoms with Crippen LogP contribution in [0.25, 0.3) is 10.2 Å². The third-order valence-corrected chi connectivity index (χ3v) is 3.86. The van der Waals surface area contributed by atoms with E-state index in [2.05, 4.69) is 15.2 Å². The van der Waals surface area contributed by atoms with Gasteiger partial charge >= 0.3 is 0 Å². The van der Waals surface area contributed by atoms with Crippen LogP contribution >= 0.6 is 23.7 Å². The summed E-state index contributed by atoms with van der Waals surface area (Å²) in [4.78, 5) is 6.77. The zero-order valence-electron chi connectivity index (χ0n) is 9.22. The molecule has 1 aromatic heterocycles. The number of hydrogen-bond donors (Lipinski definition) is 2. The lowest BCUT2D eigenvalue weighted by atomic mass is 10.3. The Balaban J connectivity index is 0.00000108. The topological polar surface area (TPSA) is 48.4 Å². The van der Waals surface area contributed by atoms with Crippen molar-refractivity contribution in [2.45, 2.75) is 0 Å². The molecular formula is C11H14ClN3OS. The summed E-state index contributed by atoms with van der Waals surface area (Å²) in [5.41, 5.74) is 0.723. The smallest absolute Gasteiger partial charge is 0.186 e. The number of fused-ring (bicyclic) bond motifs is 1. The van der Waals surface area contributed by atoms with Gasteiger partial charge in [-0.25, -0.2) is 4.98 Å².